The van der Waals surface area contributed by atoms with Crippen LogP contribution < -0.4 is 9.47 Å². The van der Waals surface area contributed by atoms with Crippen molar-refractivity contribution in [2.75, 3.05) is 6.79 Å². The number of fused-ring (bicyclic) bond motifs is 1. The summed E-state index contributed by atoms with van der Waals surface area (Å²) in [7, 11) is 0. The van der Waals surface area contributed by atoms with Gasteiger partial charge < -0.3 is 19.7 Å². The van der Waals surface area contributed by atoms with Crippen LogP contribution in [0.2, 0.25) is 0 Å². The fourth-order valence-corrected chi connectivity index (χ4v) is 1.85. The van der Waals surface area contributed by atoms with Gasteiger partial charge in [0, 0.05) is 6.42 Å². The highest BCUT2D eigenvalue weighted by atomic mass is 16.7. The molecule has 2 N–H and O–H groups in total. The zero-order valence-corrected chi connectivity index (χ0v) is 10.3. The lowest BCUT2D eigenvalue weighted by molar-refractivity contribution is 0.174. The van der Waals surface area contributed by atoms with Crippen LogP contribution in [0.4, 0.5) is 0 Å². The highest BCUT2D eigenvalue weighted by Gasteiger charge is 2.15. The first-order chi connectivity index (χ1) is 9.13. The third-order valence-electron chi connectivity index (χ3n) is 2.94. The number of rotatable bonds is 2. The highest BCUT2D eigenvalue weighted by molar-refractivity contribution is 5.45. The van der Waals surface area contributed by atoms with Gasteiger partial charge in [0.25, 0.3) is 0 Å². The fraction of sp³-hybridized carbons (Fsp3) is 0.231. The van der Waals surface area contributed by atoms with Gasteiger partial charge in [0.05, 0.1) is 5.56 Å². The Hall–Kier alpha value is -2.50. The van der Waals surface area contributed by atoms with E-state index in [0.29, 0.717) is 23.7 Å². The Morgan fingerprint density at radius 2 is 1.79 bits per heavy atom. The van der Waals surface area contributed by atoms with E-state index in [1.165, 1.54) is 0 Å². The first kappa shape index (κ1) is 11.6. The lowest BCUT2D eigenvalue weighted by Crippen LogP contribution is -1.98. The molecule has 1 aromatic carbocycles. The predicted molar refractivity (Wildman–Crippen MR) is 65.5 cm³/mol. The molecule has 0 saturated carbocycles. The van der Waals surface area contributed by atoms with Gasteiger partial charge in [0.15, 0.2) is 11.5 Å². The molecular formula is C13H12N2O4. The van der Waals surface area contributed by atoms with Gasteiger partial charge >= 0.3 is 0 Å². The van der Waals surface area contributed by atoms with Gasteiger partial charge in [0.2, 0.25) is 18.6 Å². The molecule has 6 heteroatoms. The maximum atomic E-state index is 9.56. The monoisotopic (exact) mass is 260 g/mol. The molecule has 0 saturated heterocycles. The van der Waals surface area contributed by atoms with Crippen molar-refractivity contribution >= 4 is 0 Å². The quantitative estimate of drug-likeness (QED) is 0.851. The van der Waals surface area contributed by atoms with Crippen LogP contribution in [-0.2, 0) is 6.42 Å². The van der Waals surface area contributed by atoms with Crippen molar-refractivity contribution in [3.05, 3.63) is 35.2 Å². The van der Waals surface area contributed by atoms with Crippen molar-refractivity contribution in [1.82, 2.24) is 9.97 Å². The molecule has 1 aliphatic rings. The molecular weight excluding hydrogens is 248 g/mol. The summed E-state index contributed by atoms with van der Waals surface area (Å²) in [5.41, 5.74) is 1.18. The van der Waals surface area contributed by atoms with Gasteiger partial charge in [-0.15, -0.1) is 0 Å². The molecule has 0 radical (unpaired) electrons. The summed E-state index contributed by atoms with van der Waals surface area (Å²) >= 11 is 0. The summed E-state index contributed by atoms with van der Waals surface area (Å²) in [4.78, 5) is 7.87. The Balaban J connectivity index is 1.89. The van der Waals surface area contributed by atoms with E-state index in [4.69, 9.17) is 9.47 Å². The van der Waals surface area contributed by atoms with Crippen molar-refractivity contribution < 1.29 is 19.7 Å². The average molecular weight is 260 g/mol. The van der Waals surface area contributed by atoms with Crippen molar-refractivity contribution in [2.24, 2.45) is 0 Å². The molecule has 6 nitrogen and oxygen atoms in total. The molecule has 0 spiro atoms. The highest BCUT2D eigenvalue weighted by Crippen LogP contribution is 2.33. The lowest BCUT2D eigenvalue weighted by atomic mass is 10.1. The molecule has 0 fully saturated rings. The topological polar surface area (TPSA) is 84.7 Å². The predicted octanol–water partition coefficient (Wildman–Crippen LogP) is 1.52. The van der Waals surface area contributed by atoms with Crippen LogP contribution in [0.5, 0.6) is 23.3 Å². The summed E-state index contributed by atoms with van der Waals surface area (Å²) in [6.45, 7) is 1.77. The number of nitrogens with zero attached hydrogens (tertiary/aromatic N) is 2. The normalized spacial score (nSPS) is 12.7. The number of hydrogen-bond acceptors (Lipinski definition) is 6. The maximum absolute atomic E-state index is 9.56. The van der Waals surface area contributed by atoms with Crippen LogP contribution in [-0.4, -0.2) is 27.0 Å². The SMILES string of the molecule is Cc1c(O)nc(Cc2ccc3c(c2)OCO3)nc1O. The van der Waals surface area contributed by atoms with Crippen LogP contribution in [0.1, 0.15) is 17.0 Å². The van der Waals surface area contributed by atoms with Crippen LogP contribution in [0.3, 0.4) is 0 Å². The van der Waals surface area contributed by atoms with Gasteiger partial charge in [-0.05, 0) is 24.6 Å². The second-order valence-corrected chi connectivity index (χ2v) is 4.28. The van der Waals surface area contributed by atoms with Crippen LogP contribution >= 0.6 is 0 Å². The first-order valence-corrected chi connectivity index (χ1v) is 5.77. The molecule has 1 aliphatic heterocycles. The molecule has 98 valence electrons. The van der Waals surface area contributed by atoms with Crippen LogP contribution in [0, 0.1) is 6.92 Å². The fourth-order valence-electron chi connectivity index (χ4n) is 1.85. The van der Waals surface area contributed by atoms with Crippen LogP contribution in [0.25, 0.3) is 0 Å². The van der Waals surface area contributed by atoms with Crippen molar-refractivity contribution in [1.29, 1.82) is 0 Å². The average Bonchev–Trinajstić information content (AvgIpc) is 2.83. The summed E-state index contributed by atoms with van der Waals surface area (Å²) in [5.74, 6) is 1.32. The zero-order valence-electron chi connectivity index (χ0n) is 10.3. The summed E-state index contributed by atoms with van der Waals surface area (Å²) in [6, 6.07) is 5.51. The first-order valence-electron chi connectivity index (χ1n) is 5.77. The van der Waals surface area contributed by atoms with E-state index in [0.717, 1.165) is 5.56 Å². The van der Waals surface area contributed by atoms with E-state index < -0.39 is 0 Å². The van der Waals surface area contributed by atoms with Crippen molar-refractivity contribution in [2.45, 2.75) is 13.3 Å². The lowest BCUT2D eigenvalue weighted by Gasteiger charge is -2.05. The molecule has 0 atom stereocenters. The van der Waals surface area contributed by atoms with E-state index in [-0.39, 0.29) is 24.1 Å². The molecule has 3 rings (SSSR count). The molecule has 1 aromatic heterocycles. The number of ether oxygens (including phenoxy) is 2. The van der Waals surface area contributed by atoms with Gasteiger partial charge in [-0.1, -0.05) is 6.07 Å². The molecule has 0 bridgehead atoms. The van der Waals surface area contributed by atoms with Gasteiger partial charge in [-0.25, -0.2) is 0 Å². The molecule has 0 aliphatic carbocycles. The molecule has 2 heterocycles. The Bertz CT molecular complexity index is 620. The van der Waals surface area contributed by atoms with E-state index in [1.807, 2.05) is 18.2 Å². The summed E-state index contributed by atoms with van der Waals surface area (Å²) < 4.78 is 10.5. The molecule has 2 aromatic rings. The van der Waals surface area contributed by atoms with Gasteiger partial charge in [-0.3, -0.25) is 0 Å². The number of hydrogen-bond donors (Lipinski definition) is 2. The minimum atomic E-state index is -0.205. The molecule has 19 heavy (non-hydrogen) atoms. The minimum absolute atomic E-state index is 0.205. The minimum Gasteiger partial charge on any atom is -0.493 e. The molecule has 0 unspecified atom stereocenters. The second-order valence-electron chi connectivity index (χ2n) is 4.28. The number of aromatic nitrogens is 2. The van der Waals surface area contributed by atoms with Crippen molar-refractivity contribution in [3.8, 4) is 23.3 Å². The number of benzene rings is 1. The van der Waals surface area contributed by atoms with E-state index in [1.54, 1.807) is 6.92 Å². The summed E-state index contributed by atoms with van der Waals surface area (Å²) in [6.07, 6.45) is 0.387. The maximum Gasteiger partial charge on any atom is 0.231 e. The zero-order chi connectivity index (χ0) is 13.4. The van der Waals surface area contributed by atoms with Crippen LogP contribution in [0.15, 0.2) is 18.2 Å². The van der Waals surface area contributed by atoms with Crippen molar-refractivity contribution in [3.63, 3.8) is 0 Å². The third-order valence-corrected chi connectivity index (χ3v) is 2.94. The number of aromatic hydroxyl groups is 2. The van der Waals surface area contributed by atoms with E-state index >= 15 is 0 Å². The smallest absolute Gasteiger partial charge is 0.231 e. The van der Waals surface area contributed by atoms with E-state index in [9.17, 15) is 10.2 Å². The van der Waals surface area contributed by atoms with Gasteiger partial charge in [-0.2, -0.15) is 9.97 Å². The van der Waals surface area contributed by atoms with Gasteiger partial charge in [0.1, 0.15) is 5.82 Å². The Labute approximate surface area is 109 Å². The standard InChI is InChI=1S/C13H12N2O4/c1-7-12(16)14-11(15-13(7)17)5-8-2-3-9-10(4-8)19-6-18-9/h2-4H,5-6H2,1H3,(H2,14,15,16,17). The summed E-state index contributed by atoms with van der Waals surface area (Å²) in [5, 5.41) is 19.1. The van der Waals surface area contributed by atoms with E-state index in [2.05, 4.69) is 9.97 Å². The third kappa shape index (κ3) is 2.12. The Kier molecular flexibility index (Phi) is 2.63. The largest absolute Gasteiger partial charge is 0.493 e. The molecule has 0 amide bonds. The Morgan fingerprint density at radius 3 is 2.53 bits per heavy atom. The second kappa shape index (κ2) is 4.31. The Morgan fingerprint density at radius 1 is 1.11 bits per heavy atom.